The van der Waals surface area contributed by atoms with Crippen LogP contribution >= 0.6 is 39.1 Å². The Bertz CT molecular complexity index is 1200. The van der Waals surface area contributed by atoms with Gasteiger partial charge in [-0.15, -0.1) is 0 Å². The van der Waals surface area contributed by atoms with Crippen LogP contribution in [0.15, 0.2) is 76.1 Å². The molecule has 0 spiro atoms. The van der Waals surface area contributed by atoms with Gasteiger partial charge in [0.05, 0.1) is 21.5 Å². The summed E-state index contributed by atoms with van der Waals surface area (Å²) in [7, 11) is -3.96. The van der Waals surface area contributed by atoms with E-state index in [0.717, 1.165) is 14.3 Å². The van der Waals surface area contributed by atoms with Crippen LogP contribution in [0.25, 0.3) is 0 Å². The van der Waals surface area contributed by atoms with Crippen LogP contribution in [0.4, 0.5) is 5.69 Å². The first-order valence-corrected chi connectivity index (χ1v) is 12.2. The molecule has 0 aliphatic rings. The van der Waals surface area contributed by atoms with Gasteiger partial charge in [-0.1, -0.05) is 57.3 Å². The predicted octanol–water partition coefficient (Wildman–Crippen LogP) is 5.89. The Labute approximate surface area is 200 Å². The Kier molecular flexibility index (Phi) is 7.78. The molecule has 0 radical (unpaired) electrons. The van der Waals surface area contributed by atoms with Gasteiger partial charge in [-0.25, -0.2) is 8.42 Å². The lowest BCUT2D eigenvalue weighted by Crippen LogP contribution is -2.37. The molecule has 0 aromatic heterocycles. The van der Waals surface area contributed by atoms with Crippen LogP contribution in [0.1, 0.15) is 11.1 Å². The summed E-state index contributed by atoms with van der Waals surface area (Å²) >= 11 is 15.4. The smallest absolute Gasteiger partial charge is 0.243 e. The van der Waals surface area contributed by atoms with E-state index >= 15 is 0 Å². The molecule has 0 aliphatic carbocycles. The first-order valence-electron chi connectivity index (χ1n) is 9.21. The van der Waals surface area contributed by atoms with Gasteiger partial charge in [0, 0.05) is 16.7 Å². The van der Waals surface area contributed by atoms with E-state index in [1.807, 2.05) is 25.1 Å². The fourth-order valence-electron chi connectivity index (χ4n) is 2.91. The normalized spacial score (nSPS) is 11.5. The molecular weight excluding hydrogens is 523 g/mol. The highest BCUT2D eigenvalue weighted by Gasteiger charge is 2.27. The molecule has 9 heteroatoms. The van der Waals surface area contributed by atoms with E-state index in [-0.39, 0.29) is 18.0 Å². The lowest BCUT2D eigenvalue weighted by molar-refractivity contribution is -0.116. The van der Waals surface area contributed by atoms with Crippen molar-refractivity contribution in [1.82, 2.24) is 4.31 Å². The van der Waals surface area contributed by atoms with E-state index < -0.39 is 15.9 Å². The molecule has 31 heavy (non-hydrogen) atoms. The van der Waals surface area contributed by atoms with Crippen molar-refractivity contribution in [2.75, 3.05) is 11.9 Å². The molecule has 1 N–H and O–H groups in total. The number of amides is 1. The second-order valence-corrected chi connectivity index (χ2v) is 10.6. The zero-order valence-electron chi connectivity index (χ0n) is 16.5. The zero-order valence-corrected chi connectivity index (χ0v) is 20.4. The van der Waals surface area contributed by atoms with Crippen molar-refractivity contribution in [3.63, 3.8) is 0 Å². The van der Waals surface area contributed by atoms with Gasteiger partial charge in [0.1, 0.15) is 0 Å². The van der Waals surface area contributed by atoms with Crippen molar-refractivity contribution in [2.45, 2.75) is 18.4 Å². The van der Waals surface area contributed by atoms with Crippen LogP contribution in [0, 0.1) is 6.92 Å². The van der Waals surface area contributed by atoms with Gasteiger partial charge in [-0.2, -0.15) is 4.31 Å². The molecule has 0 saturated heterocycles. The summed E-state index contributed by atoms with van der Waals surface area (Å²) in [4.78, 5) is 12.8. The molecular formula is C22H19BrCl2N2O3S. The predicted molar refractivity (Wildman–Crippen MR) is 128 cm³/mol. The number of sulfonamides is 1. The molecule has 0 atom stereocenters. The number of carbonyl (C=O) groups excluding carboxylic acids is 1. The standard InChI is InChI=1S/C22H19BrCl2N2O3S/c1-15-3-2-4-18(11-15)26-22(28)14-27(13-16-5-10-20(24)21(25)12-16)31(29,30)19-8-6-17(23)7-9-19/h2-12H,13-14H2,1H3,(H,26,28). The van der Waals surface area contributed by atoms with Crippen molar-refractivity contribution in [3.05, 3.63) is 92.4 Å². The molecule has 0 unspecified atom stereocenters. The molecule has 5 nitrogen and oxygen atoms in total. The van der Waals surface area contributed by atoms with Crippen LogP contribution in [0.3, 0.4) is 0 Å². The first kappa shape index (κ1) is 23.8. The Hall–Kier alpha value is -1.90. The average molecular weight is 542 g/mol. The molecule has 0 bridgehead atoms. The number of halogens is 3. The largest absolute Gasteiger partial charge is 0.325 e. The number of carbonyl (C=O) groups is 1. The summed E-state index contributed by atoms with van der Waals surface area (Å²) in [5, 5.41) is 3.43. The number of nitrogens with one attached hydrogen (secondary N) is 1. The molecule has 0 heterocycles. The van der Waals surface area contributed by atoms with Gasteiger partial charge in [0.2, 0.25) is 15.9 Å². The van der Waals surface area contributed by atoms with E-state index in [1.54, 1.807) is 36.4 Å². The van der Waals surface area contributed by atoms with E-state index in [4.69, 9.17) is 23.2 Å². The van der Waals surface area contributed by atoms with E-state index in [2.05, 4.69) is 21.2 Å². The molecule has 1 amide bonds. The summed E-state index contributed by atoms with van der Waals surface area (Å²) in [5.74, 6) is -0.452. The quantitative estimate of drug-likeness (QED) is 0.405. The van der Waals surface area contributed by atoms with Gasteiger partial charge in [0.15, 0.2) is 0 Å². The Morgan fingerprint density at radius 2 is 1.71 bits per heavy atom. The molecule has 0 saturated carbocycles. The molecule has 3 aromatic carbocycles. The minimum Gasteiger partial charge on any atom is -0.325 e. The lowest BCUT2D eigenvalue weighted by atomic mass is 10.2. The highest BCUT2D eigenvalue weighted by Crippen LogP contribution is 2.25. The van der Waals surface area contributed by atoms with E-state index in [0.29, 0.717) is 21.3 Å². The fourth-order valence-corrected chi connectivity index (χ4v) is 4.88. The lowest BCUT2D eigenvalue weighted by Gasteiger charge is -2.22. The highest BCUT2D eigenvalue weighted by molar-refractivity contribution is 9.10. The van der Waals surface area contributed by atoms with Crippen molar-refractivity contribution >= 4 is 60.7 Å². The number of benzene rings is 3. The highest BCUT2D eigenvalue weighted by atomic mass is 79.9. The maximum Gasteiger partial charge on any atom is 0.243 e. The molecule has 162 valence electrons. The van der Waals surface area contributed by atoms with Crippen LogP contribution in [0.5, 0.6) is 0 Å². The fraction of sp³-hybridized carbons (Fsp3) is 0.136. The molecule has 3 aromatic rings. The average Bonchev–Trinajstić information content (AvgIpc) is 2.70. The topological polar surface area (TPSA) is 66.5 Å². The molecule has 0 aliphatic heterocycles. The summed E-state index contributed by atoms with van der Waals surface area (Å²) in [6, 6.07) is 18.4. The van der Waals surface area contributed by atoms with Crippen LogP contribution in [-0.2, 0) is 21.4 Å². The third kappa shape index (κ3) is 6.30. The monoisotopic (exact) mass is 540 g/mol. The maximum atomic E-state index is 13.3. The minimum atomic E-state index is -3.96. The summed E-state index contributed by atoms with van der Waals surface area (Å²) in [6.45, 7) is 1.49. The number of anilines is 1. The summed E-state index contributed by atoms with van der Waals surface area (Å²) < 4.78 is 28.5. The Morgan fingerprint density at radius 3 is 2.35 bits per heavy atom. The zero-order chi connectivity index (χ0) is 22.6. The molecule has 3 rings (SSSR count). The van der Waals surface area contributed by atoms with Gasteiger partial charge < -0.3 is 5.32 Å². The van der Waals surface area contributed by atoms with Gasteiger partial charge in [0.25, 0.3) is 0 Å². The maximum absolute atomic E-state index is 13.3. The second kappa shape index (κ2) is 10.1. The van der Waals surface area contributed by atoms with Crippen LogP contribution in [-0.4, -0.2) is 25.2 Å². The van der Waals surface area contributed by atoms with E-state index in [9.17, 15) is 13.2 Å². The van der Waals surface area contributed by atoms with E-state index in [1.165, 1.54) is 12.1 Å². The number of nitrogens with zero attached hydrogens (tertiary/aromatic N) is 1. The Balaban J connectivity index is 1.90. The minimum absolute atomic E-state index is 0.0451. The number of hydrogen-bond acceptors (Lipinski definition) is 3. The number of rotatable bonds is 7. The number of hydrogen-bond donors (Lipinski definition) is 1. The molecule has 0 fully saturated rings. The van der Waals surface area contributed by atoms with Crippen molar-refractivity contribution in [2.24, 2.45) is 0 Å². The van der Waals surface area contributed by atoms with Gasteiger partial charge >= 0.3 is 0 Å². The SMILES string of the molecule is Cc1cccc(NC(=O)CN(Cc2ccc(Cl)c(Cl)c2)S(=O)(=O)c2ccc(Br)cc2)c1. The van der Waals surface area contributed by atoms with Crippen molar-refractivity contribution in [1.29, 1.82) is 0 Å². The number of aryl methyl sites for hydroxylation is 1. The third-order valence-electron chi connectivity index (χ3n) is 4.42. The third-order valence-corrected chi connectivity index (χ3v) is 7.49. The second-order valence-electron chi connectivity index (χ2n) is 6.89. The Morgan fingerprint density at radius 1 is 1.00 bits per heavy atom. The van der Waals surface area contributed by atoms with Crippen LogP contribution < -0.4 is 5.32 Å². The van der Waals surface area contributed by atoms with Crippen LogP contribution in [0.2, 0.25) is 10.0 Å². The van der Waals surface area contributed by atoms with Crippen molar-refractivity contribution in [3.8, 4) is 0 Å². The van der Waals surface area contributed by atoms with Gasteiger partial charge in [-0.3, -0.25) is 4.79 Å². The summed E-state index contributed by atoms with van der Waals surface area (Å²) in [6.07, 6.45) is 0. The van der Waals surface area contributed by atoms with Gasteiger partial charge in [-0.05, 0) is 66.6 Å². The summed E-state index contributed by atoms with van der Waals surface area (Å²) in [5.41, 5.74) is 2.19. The van der Waals surface area contributed by atoms with Crippen molar-refractivity contribution < 1.29 is 13.2 Å². The first-order chi connectivity index (χ1) is 14.6.